The maximum absolute atomic E-state index is 5.86. The molecule has 3 aromatic heterocycles. The molecule has 6 nitrogen and oxygen atoms in total. The Morgan fingerprint density at radius 3 is 2.88 bits per heavy atom. The third-order valence-corrected chi connectivity index (χ3v) is 2.56. The normalized spacial score (nSPS) is 10.9. The smallest absolute Gasteiger partial charge is 0.171 e. The number of fused-ring (bicyclic) bond motifs is 1. The molecular formula is C10H7ClN6. The first-order valence-corrected chi connectivity index (χ1v) is 5.29. The highest BCUT2D eigenvalue weighted by molar-refractivity contribution is 6.29. The summed E-state index contributed by atoms with van der Waals surface area (Å²) in [6.45, 7) is 1.85. The molecule has 0 atom stereocenters. The lowest BCUT2D eigenvalue weighted by atomic mass is 10.3. The minimum absolute atomic E-state index is 0.404. The lowest BCUT2D eigenvalue weighted by molar-refractivity contribution is 0.977. The van der Waals surface area contributed by atoms with E-state index in [2.05, 4.69) is 25.4 Å². The Morgan fingerprint density at radius 1 is 1.24 bits per heavy atom. The van der Waals surface area contributed by atoms with E-state index in [0.29, 0.717) is 16.6 Å². The molecule has 0 aromatic carbocycles. The highest BCUT2D eigenvalue weighted by atomic mass is 35.5. The van der Waals surface area contributed by atoms with Crippen molar-refractivity contribution in [1.82, 2.24) is 29.8 Å². The van der Waals surface area contributed by atoms with Gasteiger partial charge in [0.25, 0.3) is 0 Å². The number of nitrogens with zero attached hydrogens (tertiary/aromatic N) is 6. The van der Waals surface area contributed by atoms with E-state index in [4.69, 9.17) is 11.6 Å². The summed E-state index contributed by atoms with van der Waals surface area (Å²) in [4.78, 5) is 4.17. The maximum Gasteiger partial charge on any atom is 0.171 e. The fraction of sp³-hybridized carbons (Fsp3) is 0.100. The summed E-state index contributed by atoms with van der Waals surface area (Å²) < 4.78 is 1.82. The highest BCUT2D eigenvalue weighted by Crippen LogP contribution is 2.19. The fourth-order valence-electron chi connectivity index (χ4n) is 1.66. The number of hydrogen-bond acceptors (Lipinski definition) is 5. The standard InChI is InChI=1S/C10H7ClN6/c1-6-14-8(11)4-9-15-16-10(17(6)9)7-2-3-12-13-5-7/h2-5H,1H3. The molecule has 3 rings (SSSR count). The molecular weight excluding hydrogens is 240 g/mol. The number of hydrogen-bond donors (Lipinski definition) is 0. The average Bonchev–Trinajstić information content (AvgIpc) is 2.74. The van der Waals surface area contributed by atoms with E-state index in [-0.39, 0.29) is 0 Å². The van der Waals surface area contributed by atoms with E-state index in [1.165, 1.54) is 0 Å². The lowest BCUT2D eigenvalue weighted by Gasteiger charge is -2.02. The van der Waals surface area contributed by atoms with Crippen molar-refractivity contribution in [2.24, 2.45) is 0 Å². The monoisotopic (exact) mass is 246 g/mol. The van der Waals surface area contributed by atoms with Crippen LogP contribution >= 0.6 is 11.6 Å². The Balaban J connectivity index is 2.32. The van der Waals surface area contributed by atoms with Crippen molar-refractivity contribution < 1.29 is 0 Å². The summed E-state index contributed by atoms with van der Waals surface area (Å²) in [6, 6.07) is 3.48. The maximum atomic E-state index is 5.86. The van der Waals surface area contributed by atoms with E-state index < -0.39 is 0 Å². The van der Waals surface area contributed by atoms with Gasteiger partial charge in [-0.05, 0) is 13.0 Å². The molecule has 0 N–H and O–H groups in total. The van der Waals surface area contributed by atoms with Crippen molar-refractivity contribution in [3.05, 3.63) is 35.5 Å². The van der Waals surface area contributed by atoms with Crippen LogP contribution in [0.5, 0.6) is 0 Å². The van der Waals surface area contributed by atoms with Crippen LogP contribution in [0.3, 0.4) is 0 Å². The summed E-state index contributed by atoms with van der Waals surface area (Å²) in [6.07, 6.45) is 3.24. The summed E-state index contributed by atoms with van der Waals surface area (Å²) in [7, 11) is 0. The first kappa shape index (κ1) is 10.1. The molecule has 0 saturated heterocycles. The van der Waals surface area contributed by atoms with Crippen LogP contribution in [0.2, 0.25) is 5.15 Å². The van der Waals surface area contributed by atoms with Crippen LogP contribution in [0, 0.1) is 6.92 Å². The molecule has 7 heteroatoms. The Labute approximate surface area is 101 Å². The predicted molar refractivity (Wildman–Crippen MR) is 61.6 cm³/mol. The molecule has 3 aromatic rings. The number of rotatable bonds is 1. The van der Waals surface area contributed by atoms with Crippen molar-refractivity contribution in [1.29, 1.82) is 0 Å². The lowest BCUT2D eigenvalue weighted by Crippen LogP contribution is -1.98. The van der Waals surface area contributed by atoms with Gasteiger partial charge < -0.3 is 0 Å². The van der Waals surface area contributed by atoms with Crippen molar-refractivity contribution in [3.63, 3.8) is 0 Å². The van der Waals surface area contributed by atoms with Crippen molar-refractivity contribution in [2.75, 3.05) is 0 Å². The van der Waals surface area contributed by atoms with Crippen molar-refractivity contribution >= 4 is 17.2 Å². The summed E-state index contributed by atoms with van der Waals surface area (Å²) >= 11 is 5.86. The molecule has 0 fully saturated rings. The van der Waals surface area contributed by atoms with E-state index in [1.54, 1.807) is 18.5 Å². The molecule has 3 heterocycles. The van der Waals surface area contributed by atoms with Crippen LogP contribution < -0.4 is 0 Å². The van der Waals surface area contributed by atoms with Gasteiger partial charge in [-0.15, -0.1) is 10.2 Å². The molecule has 0 aliphatic heterocycles. The summed E-state index contributed by atoms with van der Waals surface area (Å²) in [5.74, 6) is 1.40. The van der Waals surface area contributed by atoms with Crippen molar-refractivity contribution in [2.45, 2.75) is 6.92 Å². The summed E-state index contributed by atoms with van der Waals surface area (Å²) in [5.41, 5.74) is 1.49. The molecule has 0 spiro atoms. The van der Waals surface area contributed by atoms with Crippen LogP contribution in [0.25, 0.3) is 17.0 Å². The van der Waals surface area contributed by atoms with E-state index >= 15 is 0 Å². The molecule has 0 saturated carbocycles. The van der Waals surface area contributed by atoms with Gasteiger partial charge >= 0.3 is 0 Å². The van der Waals surface area contributed by atoms with Gasteiger partial charge in [0.2, 0.25) is 0 Å². The molecule has 0 amide bonds. The van der Waals surface area contributed by atoms with Gasteiger partial charge in [0.15, 0.2) is 11.5 Å². The minimum Gasteiger partial charge on any atom is -0.263 e. The van der Waals surface area contributed by atoms with Gasteiger partial charge in [-0.1, -0.05) is 11.6 Å². The van der Waals surface area contributed by atoms with Gasteiger partial charge in [0.1, 0.15) is 11.0 Å². The number of halogens is 1. The van der Waals surface area contributed by atoms with Gasteiger partial charge in [-0.2, -0.15) is 10.2 Å². The summed E-state index contributed by atoms with van der Waals surface area (Å²) in [5, 5.41) is 16.1. The first-order valence-electron chi connectivity index (χ1n) is 4.91. The molecule has 0 radical (unpaired) electrons. The van der Waals surface area contributed by atoms with Gasteiger partial charge in [0.05, 0.1) is 12.4 Å². The van der Waals surface area contributed by atoms with Crippen LogP contribution in [0.1, 0.15) is 5.82 Å². The van der Waals surface area contributed by atoms with Gasteiger partial charge in [0, 0.05) is 11.6 Å². The average molecular weight is 247 g/mol. The topological polar surface area (TPSA) is 68.9 Å². The zero-order valence-electron chi connectivity index (χ0n) is 8.87. The Kier molecular flexibility index (Phi) is 2.22. The second kappa shape index (κ2) is 3.74. The van der Waals surface area contributed by atoms with Crippen LogP contribution in [-0.4, -0.2) is 29.8 Å². The van der Waals surface area contributed by atoms with Crippen LogP contribution in [-0.2, 0) is 0 Å². The van der Waals surface area contributed by atoms with Crippen LogP contribution in [0.15, 0.2) is 24.5 Å². The first-order chi connectivity index (χ1) is 8.25. The number of aryl methyl sites for hydroxylation is 1. The Hall–Kier alpha value is -2.08. The third kappa shape index (κ3) is 1.62. The predicted octanol–water partition coefficient (Wildman–Crippen LogP) is 1.54. The van der Waals surface area contributed by atoms with E-state index in [1.807, 2.05) is 17.4 Å². The molecule has 17 heavy (non-hydrogen) atoms. The highest BCUT2D eigenvalue weighted by Gasteiger charge is 2.11. The fourth-order valence-corrected chi connectivity index (χ4v) is 1.88. The van der Waals surface area contributed by atoms with E-state index in [0.717, 1.165) is 11.4 Å². The molecule has 0 aliphatic rings. The third-order valence-electron chi connectivity index (χ3n) is 2.37. The minimum atomic E-state index is 0.404. The Morgan fingerprint density at radius 2 is 2.12 bits per heavy atom. The Bertz CT molecular complexity index is 678. The zero-order valence-corrected chi connectivity index (χ0v) is 9.63. The molecule has 0 aliphatic carbocycles. The second-order valence-electron chi connectivity index (χ2n) is 3.47. The molecule has 0 unspecified atom stereocenters. The quantitative estimate of drug-likeness (QED) is 0.609. The van der Waals surface area contributed by atoms with E-state index in [9.17, 15) is 0 Å². The van der Waals surface area contributed by atoms with Crippen molar-refractivity contribution in [3.8, 4) is 11.4 Å². The number of aromatic nitrogens is 6. The van der Waals surface area contributed by atoms with Gasteiger partial charge in [-0.25, -0.2) is 4.98 Å². The second-order valence-corrected chi connectivity index (χ2v) is 3.86. The van der Waals surface area contributed by atoms with Gasteiger partial charge in [-0.3, -0.25) is 4.40 Å². The largest absolute Gasteiger partial charge is 0.263 e. The molecule has 84 valence electrons. The SMILES string of the molecule is Cc1nc(Cl)cc2nnc(-c3ccnnc3)n12. The molecule has 0 bridgehead atoms. The van der Waals surface area contributed by atoms with Crippen LogP contribution in [0.4, 0.5) is 0 Å². The zero-order chi connectivity index (χ0) is 11.8.